The maximum atomic E-state index is 8.08. The predicted octanol–water partition coefficient (Wildman–Crippen LogP) is 5.56. The molecular formula is C24H22BN2O+. The summed E-state index contributed by atoms with van der Waals surface area (Å²) < 4.78 is 32.4. The second-order valence-electron chi connectivity index (χ2n) is 7.22. The number of benzene rings is 2. The van der Waals surface area contributed by atoms with E-state index in [1.807, 2.05) is 66.2 Å². The molecule has 0 bridgehead atoms. The molecule has 0 radical (unpaired) electrons. The number of nitrogens with zero attached hydrogens (tertiary/aromatic N) is 2. The van der Waals surface area contributed by atoms with Gasteiger partial charge in [0.15, 0.2) is 0 Å². The molecule has 3 nitrogen and oxygen atoms in total. The van der Waals surface area contributed by atoms with Gasteiger partial charge in [0, 0.05) is 15.6 Å². The first-order chi connectivity index (χ1) is 14.8. The van der Waals surface area contributed by atoms with Crippen molar-refractivity contribution in [3.8, 4) is 11.1 Å². The van der Waals surface area contributed by atoms with E-state index < -0.39 is 6.85 Å². The van der Waals surface area contributed by atoms with Crippen LogP contribution in [0.3, 0.4) is 0 Å². The second-order valence-corrected chi connectivity index (χ2v) is 7.22. The van der Waals surface area contributed by atoms with Crippen molar-refractivity contribution >= 4 is 35.6 Å². The van der Waals surface area contributed by atoms with E-state index in [0.29, 0.717) is 11.1 Å². The number of hydrogen-bond acceptors (Lipinski definition) is 2. The third kappa shape index (κ3) is 2.56. The standard InChI is InChI=1S/C24H22BN2O/c1-17-16-26(3)23(15-21(17)18-9-5-4-6-10-18)27-24-20(13-14-25(27)2)19-11-7-8-12-22(19)28-24/h4-16H,1-3H3/q+1/i1D3. The van der Waals surface area contributed by atoms with E-state index in [9.17, 15) is 0 Å². The summed E-state index contributed by atoms with van der Waals surface area (Å²) in [6.45, 7) is -0.0761. The van der Waals surface area contributed by atoms with Crippen molar-refractivity contribution in [2.45, 2.75) is 13.7 Å². The zero-order valence-electron chi connectivity index (χ0n) is 18.9. The number of furan rings is 1. The number of hydrogen-bond donors (Lipinski definition) is 0. The molecule has 5 rings (SSSR count). The van der Waals surface area contributed by atoms with Crippen molar-refractivity contribution in [1.82, 2.24) is 0 Å². The van der Waals surface area contributed by atoms with Crippen LogP contribution < -0.4 is 9.38 Å². The number of fused-ring (bicyclic) bond motifs is 3. The van der Waals surface area contributed by atoms with Crippen LogP contribution in [0.5, 0.6) is 0 Å². The van der Waals surface area contributed by atoms with E-state index in [2.05, 4.69) is 29.8 Å². The fraction of sp³-hybridized carbons (Fsp3) is 0.125. The lowest BCUT2D eigenvalue weighted by Crippen LogP contribution is -2.43. The minimum Gasteiger partial charge on any atom is -0.423 e. The molecule has 1 aliphatic heterocycles. The van der Waals surface area contributed by atoms with Crippen molar-refractivity contribution in [3.63, 3.8) is 0 Å². The summed E-state index contributed by atoms with van der Waals surface area (Å²) in [6.07, 6.45) is 3.83. The van der Waals surface area contributed by atoms with Gasteiger partial charge >= 0.3 is 6.85 Å². The highest BCUT2D eigenvalue weighted by Gasteiger charge is 2.37. The number of aryl methyl sites for hydroxylation is 2. The lowest BCUT2D eigenvalue weighted by Gasteiger charge is -2.23. The first kappa shape index (κ1) is 13.8. The molecule has 0 fully saturated rings. The third-order valence-corrected chi connectivity index (χ3v) is 5.36. The van der Waals surface area contributed by atoms with Gasteiger partial charge in [-0.05, 0) is 36.4 Å². The van der Waals surface area contributed by atoms with Crippen LogP contribution in [-0.2, 0) is 7.05 Å². The smallest absolute Gasteiger partial charge is 0.405 e. The van der Waals surface area contributed by atoms with Gasteiger partial charge in [0.25, 0.3) is 11.7 Å². The van der Waals surface area contributed by atoms with Gasteiger partial charge < -0.3 is 4.42 Å². The van der Waals surface area contributed by atoms with E-state index in [0.717, 1.165) is 33.8 Å². The Hall–Kier alpha value is -3.27. The summed E-state index contributed by atoms with van der Waals surface area (Å²) in [5.74, 6) is 3.78. The quantitative estimate of drug-likeness (QED) is 0.341. The first-order valence-corrected chi connectivity index (χ1v) is 9.43. The average molecular weight is 368 g/mol. The molecule has 28 heavy (non-hydrogen) atoms. The molecule has 1 aliphatic rings. The Kier molecular flexibility index (Phi) is 3.17. The Balaban J connectivity index is 1.75. The monoisotopic (exact) mass is 368 g/mol. The van der Waals surface area contributed by atoms with Crippen molar-refractivity contribution in [1.29, 1.82) is 0 Å². The molecule has 4 heteroatoms. The molecule has 0 amide bonds. The summed E-state index contributed by atoms with van der Waals surface area (Å²) >= 11 is 0. The average Bonchev–Trinajstić information content (AvgIpc) is 3.12. The second kappa shape index (κ2) is 6.41. The number of anilines is 2. The van der Waals surface area contributed by atoms with E-state index in [4.69, 9.17) is 8.53 Å². The Morgan fingerprint density at radius 3 is 2.68 bits per heavy atom. The molecule has 4 aromatic rings. The van der Waals surface area contributed by atoms with Crippen molar-refractivity contribution in [2.75, 3.05) is 4.81 Å². The minimum absolute atomic E-state index is 0.0431. The molecule has 3 heterocycles. The number of pyridine rings is 1. The van der Waals surface area contributed by atoms with E-state index >= 15 is 0 Å². The summed E-state index contributed by atoms with van der Waals surface area (Å²) in [5.41, 5.74) is 3.78. The van der Waals surface area contributed by atoms with Gasteiger partial charge in [-0.3, -0.25) is 4.81 Å². The third-order valence-electron chi connectivity index (χ3n) is 5.36. The van der Waals surface area contributed by atoms with Gasteiger partial charge in [-0.2, -0.15) is 0 Å². The van der Waals surface area contributed by atoms with E-state index in [1.54, 1.807) is 6.20 Å². The molecule has 0 saturated carbocycles. The molecule has 0 atom stereocenters. The molecule has 136 valence electrons. The highest BCUT2D eigenvalue weighted by atomic mass is 16.4. The summed E-state index contributed by atoms with van der Waals surface area (Å²) in [5, 5.41) is 1.07. The van der Waals surface area contributed by atoms with Crippen LogP contribution in [0.1, 0.15) is 15.2 Å². The summed E-state index contributed by atoms with van der Waals surface area (Å²) in [4.78, 5) is 2.13. The Morgan fingerprint density at radius 1 is 1.07 bits per heavy atom. The van der Waals surface area contributed by atoms with Crippen LogP contribution in [0.2, 0.25) is 6.82 Å². The van der Waals surface area contributed by atoms with Crippen molar-refractivity contribution in [3.05, 3.63) is 84.0 Å². The van der Waals surface area contributed by atoms with Crippen molar-refractivity contribution in [2.24, 2.45) is 7.05 Å². The van der Waals surface area contributed by atoms with Gasteiger partial charge in [-0.15, -0.1) is 0 Å². The van der Waals surface area contributed by atoms with Crippen LogP contribution in [0.15, 0.2) is 77.3 Å². The maximum Gasteiger partial charge on any atom is 0.405 e. The normalized spacial score (nSPS) is 15.3. The number of rotatable bonds is 2. The van der Waals surface area contributed by atoms with Crippen LogP contribution in [0, 0.1) is 6.85 Å². The van der Waals surface area contributed by atoms with Gasteiger partial charge in [0.1, 0.15) is 5.58 Å². The molecule has 0 spiro atoms. The highest BCUT2D eigenvalue weighted by Crippen LogP contribution is 2.40. The molecule has 0 saturated heterocycles. The highest BCUT2D eigenvalue weighted by molar-refractivity contribution is 6.69. The van der Waals surface area contributed by atoms with Gasteiger partial charge in [0.05, 0.1) is 18.8 Å². The van der Waals surface area contributed by atoms with Crippen molar-refractivity contribution < 1.29 is 13.1 Å². The molecule has 0 aliphatic carbocycles. The van der Waals surface area contributed by atoms with Crippen LogP contribution in [0.4, 0.5) is 11.7 Å². The largest absolute Gasteiger partial charge is 0.423 e. The van der Waals surface area contributed by atoms with E-state index in [1.165, 1.54) is 0 Å². The fourth-order valence-electron chi connectivity index (χ4n) is 3.95. The Morgan fingerprint density at radius 2 is 1.86 bits per heavy atom. The molecule has 2 aromatic heterocycles. The molecule has 0 unspecified atom stereocenters. The van der Waals surface area contributed by atoms with Crippen LogP contribution >= 0.6 is 0 Å². The van der Waals surface area contributed by atoms with Crippen LogP contribution in [0.25, 0.3) is 28.2 Å². The number of para-hydroxylation sites is 1. The van der Waals surface area contributed by atoms with E-state index in [-0.39, 0.29) is 6.85 Å². The predicted molar refractivity (Wildman–Crippen MR) is 117 cm³/mol. The zero-order chi connectivity index (χ0) is 21.8. The summed E-state index contributed by atoms with van der Waals surface area (Å²) in [7, 11) is 1.88. The van der Waals surface area contributed by atoms with Gasteiger partial charge in [-0.25, -0.2) is 4.57 Å². The first-order valence-electron chi connectivity index (χ1n) is 10.9. The Labute approximate surface area is 169 Å². The maximum absolute atomic E-state index is 8.08. The lowest BCUT2D eigenvalue weighted by molar-refractivity contribution is -0.658. The van der Waals surface area contributed by atoms with Gasteiger partial charge in [0.2, 0.25) is 0 Å². The van der Waals surface area contributed by atoms with Gasteiger partial charge in [-0.1, -0.05) is 60.6 Å². The van der Waals surface area contributed by atoms with Crippen LogP contribution in [-0.4, -0.2) is 6.85 Å². The summed E-state index contributed by atoms with van der Waals surface area (Å²) in [6, 6.07) is 19.6. The lowest BCUT2D eigenvalue weighted by atomic mass is 9.61. The Bertz CT molecular complexity index is 1310. The molecule has 2 aromatic carbocycles. The SMILES string of the molecule is [2H]C([2H])([2H])c1c[n+](C)c(N2B(C)C=Cc3c2oc2ccccc32)cc1-c1ccccc1. The number of aromatic nitrogens is 1. The minimum atomic E-state index is -2.22. The fourth-order valence-corrected chi connectivity index (χ4v) is 3.95. The zero-order valence-corrected chi connectivity index (χ0v) is 15.9. The molecular weight excluding hydrogens is 343 g/mol. The topological polar surface area (TPSA) is 20.3 Å². The molecule has 0 N–H and O–H groups in total.